The van der Waals surface area contributed by atoms with Crippen molar-refractivity contribution >= 4 is 26.7 Å². The molecule has 2 aromatic carbocycles. The summed E-state index contributed by atoms with van der Waals surface area (Å²) in [6.45, 7) is 1.21. The van der Waals surface area contributed by atoms with E-state index >= 15 is 0 Å². The Hall–Kier alpha value is -2.03. The molecule has 0 aromatic heterocycles. The molecule has 6 nitrogen and oxygen atoms in total. The minimum absolute atomic E-state index is 0.143. The van der Waals surface area contributed by atoms with Gasteiger partial charge in [-0.3, -0.25) is 9.00 Å². The number of sulfonamides is 1. The number of hydrogen-bond donors (Lipinski definition) is 0. The molecule has 0 radical (unpaired) electrons. The van der Waals surface area contributed by atoms with Gasteiger partial charge in [0.2, 0.25) is 10.0 Å². The number of piperazine rings is 1. The number of carbonyl (C=O) groups is 1. The Bertz CT molecular complexity index is 904. The SMILES string of the molecule is CS(=O)c1ccc(C(=O)N2CCN(S(=O)(=O)c3ccccc3)CC2)cc1. The highest BCUT2D eigenvalue weighted by Gasteiger charge is 2.30. The van der Waals surface area contributed by atoms with E-state index in [4.69, 9.17) is 0 Å². The van der Waals surface area contributed by atoms with E-state index in [2.05, 4.69) is 0 Å². The molecule has 1 aliphatic rings. The van der Waals surface area contributed by atoms with E-state index in [0.717, 1.165) is 0 Å². The van der Waals surface area contributed by atoms with Gasteiger partial charge in [0, 0.05) is 53.7 Å². The van der Waals surface area contributed by atoms with Gasteiger partial charge in [-0.25, -0.2) is 8.42 Å². The molecular weight excluding hydrogens is 372 g/mol. The summed E-state index contributed by atoms with van der Waals surface area (Å²) in [4.78, 5) is 15.2. The predicted molar refractivity (Wildman–Crippen MR) is 99.9 cm³/mol. The van der Waals surface area contributed by atoms with Gasteiger partial charge in [0.15, 0.2) is 0 Å². The number of carbonyl (C=O) groups excluding carboxylic acids is 1. The zero-order valence-corrected chi connectivity index (χ0v) is 16.0. The van der Waals surface area contributed by atoms with Gasteiger partial charge in [-0.05, 0) is 36.4 Å². The first-order valence-electron chi connectivity index (χ1n) is 8.17. The van der Waals surface area contributed by atoms with E-state index < -0.39 is 20.8 Å². The number of nitrogens with zero attached hydrogens (tertiary/aromatic N) is 2. The monoisotopic (exact) mass is 392 g/mol. The Morgan fingerprint density at radius 1 is 0.923 bits per heavy atom. The molecule has 0 spiro atoms. The minimum atomic E-state index is -3.53. The molecule has 0 saturated carbocycles. The third kappa shape index (κ3) is 3.87. The van der Waals surface area contributed by atoms with Crippen LogP contribution in [0.4, 0.5) is 0 Å². The van der Waals surface area contributed by atoms with Crippen LogP contribution in [0.1, 0.15) is 10.4 Å². The zero-order chi connectivity index (χ0) is 18.7. The van der Waals surface area contributed by atoms with Crippen molar-refractivity contribution in [2.75, 3.05) is 32.4 Å². The van der Waals surface area contributed by atoms with Gasteiger partial charge in [-0.2, -0.15) is 4.31 Å². The van der Waals surface area contributed by atoms with E-state index in [1.165, 1.54) is 4.31 Å². The molecule has 0 N–H and O–H groups in total. The zero-order valence-electron chi connectivity index (χ0n) is 14.4. The van der Waals surface area contributed by atoms with Crippen molar-refractivity contribution in [1.82, 2.24) is 9.21 Å². The van der Waals surface area contributed by atoms with E-state index in [-0.39, 0.29) is 23.9 Å². The van der Waals surface area contributed by atoms with Crippen LogP contribution in [0.15, 0.2) is 64.4 Å². The highest BCUT2D eigenvalue weighted by Crippen LogP contribution is 2.18. The summed E-state index contributed by atoms with van der Waals surface area (Å²) >= 11 is 0. The van der Waals surface area contributed by atoms with E-state index in [9.17, 15) is 17.4 Å². The second kappa shape index (κ2) is 7.69. The van der Waals surface area contributed by atoms with Crippen LogP contribution >= 0.6 is 0 Å². The van der Waals surface area contributed by atoms with Gasteiger partial charge in [0.1, 0.15) is 0 Å². The van der Waals surface area contributed by atoms with Gasteiger partial charge in [-0.15, -0.1) is 0 Å². The standard InChI is InChI=1S/C18H20N2O4S2/c1-25(22)16-9-7-15(8-10-16)18(21)19-11-13-20(14-12-19)26(23,24)17-5-3-2-4-6-17/h2-10H,11-14H2,1H3. The third-order valence-corrected chi connectivity index (χ3v) is 7.19. The summed E-state index contributed by atoms with van der Waals surface area (Å²) in [5.74, 6) is -0.143. The van der Waals surface area contributed by atoms with Gasteiger partial charge in [0.05, 0.1) is 4.90 Å². The van der Waals surface area contributed by atoms with Crippen molar-refractivity contribution in [3.05, 3.63) is 60.2 Å². The number of hydrogen-bond acceptors (Lipinski definition) is 4. The Morgan fingerprint density at radius 3 is 2.04 bits per heavy atom. The fourth-order valence-electron chi connectivity index (χ4n) is 2.84. The van der Waals surface area contributed by atoms with E-state index in [1.54, 1.807) is 65.8 Å². The largest absolute Gasteiger partial charge is 0.336 e. The lowest BCUT2D eigenvalue weighted by molar-refractivity contribution is 0.0698. The molecule has 0 aliphatic carbocycles. The molecule has 1 saturated heterocycles. The maximum atomic E-state index is 12.6. The topological polar surface area (TPSA) is 74.8 Å². The fourth-order valence-corrected chi connectivity index (χ4v) is 4.81. The van der Waals surface area contributed by atoms with Crippen molar-refractivity contribution in [3.63, 3.8) is 0 Å². The number of rotatable bonds is 4. The first-order chi connectivity index (χ1) is 12.4. The van der Waals surface area contributed by atoms with Crippen LogP contribution in [0.3, 0.4) is 0 Å². The lowest BCUT2D eigenvalue weighted by Crippen LogP contribution is -2.50. The fraction of sp³-hybridized carbons (Fsp3) is 0.278. The molecular formula is C18H20N2O4S2. The smallest absolute Gasteiger partial charge is 0.253 e. The summed E-state index contributed by atoms with van der Waals surface area (Å²) in [6, 6.07) is 15.0. The van der Waals surface area contributed by atoms with Crippen molar-refractivity contribution in [2.24, 2.45) is 0 Å². The molecule has 138 valence electrons. The molecule has 1 unspecified atom stereocenters. The van der Waals surface area contributed by atoms with Crippen LogP contribution in [0, 0.1) is 0 Å². The van der Waals surface area contributed by atoms with Crippen LogP contribution < -0.4 is 0 Å². The second-order valence-corrected chi connectivity index (χ2v) is 9.31. The lowest BCUT2D eigenvalue weighted by atomic mass is 10.2. The van der Waals surface area contributed by atoms with E-state index in [1.807, 2.05) is 0 Å². The molecule has 3 rings (SSSR count). The molecule has 26 heavy (non-hydrogen) atoms. The Balaban J connectivity index is 1.66. The minimum Gasteiger partial charge on any atom is -0.336 e. The summed E-state index contributed by atoms with van der Waals surface area (Å²) in [5.41, 5.74) is 0.513. The first-order valence-corrected chi connectivity index (χ1v) is 11.2. The summed E-state index contributed by atoms with van der Waals surface area (Å²) in [6.07, 6.45) is 1.59. The first kappa shape index (κ1) is 18.8. The molecule has 1 fully saturated rings. The van der Waals surface area contributed by atoms with Crippen molar-refractivity contribution in [3.8, 4) is 0 Å². The average Bonchev–Trinajstić information content (AvgIpc) is 2.68. The summed E-state index contributed by atoms with van der Waals surface area (Å²) < 4.78 is 38.1. The Labute approximate surface area is 155 Å². The molecule has 0 bridgehead atoms. The number of amides is 1. The van der Waals surface area contributed by atoms with Crippen LogP contribution in [0.2, 0.25) is 0 Å². The van der Waals surface area contributed by atoms with Crippen molar-refractivity contribution < 1.29 is 17.4 Å². The van der Waals surface area contributed by atoms with Crippen molar-refractivity contribution in [2.45, 2.75) is 9.79 Å². The molecule has 1 atom stereocenters. The highest BCUT2D eigenvalue weighted by molar-refractivity contribution is 7.89. The maximum absolute atomic E-state index is 12.6. The lowest BCUT2D eigenvalue weighted by Gasteiger charge is -2.34. The summed E-state index contributed by atoms with van der Waals surface area (Å²) in [7, 11) is -4.62. The molecule has 1 heterocycles. The Morgan fingerprint density at radius 2 is 1.50 bits per heavy atom. The van der Waals surface area contributed by atoms with Crippen molar-refractivity contribution in [1.29, 1.82) is 0 Å². The highest BCUT2D eigenvalue weighted by atomic mass is 32.2. The number of benzene rings is 2. The second-order valence-electron chi connectivity index (χ2n) is 5.99. The van der Waals surface area contributed by atoms with Crippen LogP contribution in [0.5, 0.6) is 0 Å². The molecule has 1 amide bonds. The summed E-state index contributed by atoms with van der Waals surface area (Å²) in [5, 5.41) is 0. The van der Waals surface area contributed by atoms with Crippen LogP contribution in [-0.4, -0.2) is 60.2 Å². The van der Waals surface area contributed by atoms with Gasteiger partial charge >= 0.3 is 0 Å². The maximum Gasteiger partial charge on any atom is 0.253 e. The third-order valence-electron chi connectivity index (χ3n) is 4.34. The molecule has 2 aromatic rings. The van der Waals surface area contributed by atoms with Crippen LogP contribution in [0.25, 0.3) is 0 Å². The quantitative estimate of drug-likeness (QED) is 0.792. The average molecular weight is 393 g/mol. The predicted octanol–water partition coefficient (Wildman–Crippen LogP) is 1.57. The molecule has 1 aliphatic heterocycles. The van der Waals surface area contributed by atoms with Gasteiger partial charge < -0.3 is 4.90 Å². The van der Waals surface area contributed by atoms with Gasteiger partial charge in [0.25, 0.3) is 5.91 Å². The van der Waals surface area contributed by atoms with E-state index in [0.29, 0.717) is 23.5 Å². The van der Waals surface area contributed by atoms with Gasteiger partial charge in [-0.1, -0.05) is 18.2 Å². The molecule has 8 heteroatoms. The van der Waals surface area contributed by atoms with Crippen LogP contribution in [-0.2, 0) is 20.8 Å². The normalized spacial score (nSPS) is 17.0. The Kier molecular flexibility index (Phi) is 5.55.